The molecule has 0 bridgehead atoms. The van der Waals surface area contributed by atoms with E-state index in [1.165, 1.54) is 0 Å². The molecule has 2 amide bonds. The van der Waals surface area contributed by atoms with Gasteiger partial charge in [-0.15, -0.1) is 0 Å². The van der Waals surface area contributed by atoms with E-state index in [1.807, 2.05) is 40.8 Å². The van der Waals surface area contributed by atoms with Crippen LogP contribution in [0.1, 0.15) is 40.9 Å². The van der Waals surface area contributed by atoms with Crippen LogP contribution < -0.4 is 5.32 Å². The second-order valence-corrected chi connectivity index (χ2v) is 6.91. The van der Waals surface area contributed by atoms with E-state index in [1.54, 1.807) is 13.0 Å². The quantitative estimate of drug-likeness (QED) is 0.773. The lowest BCUT2D eigenvalue weighted by atomic mass is 10.1. The minimum atomic E-state index is -0.191. The molecule has 3 heterocycles. The van der Waals surface area contributed by atoms with Gasteiger partial charge in [0, 0.05) is 25.4 Å². The predicted molar refractivity (Wildman–Crippen MR) is 100 cm³/mol. The number of benzene rings is 1. The molecule has 7 nitrogen and oxygen atoms in total. The first kappa shape index (κ1) is 17.3. The highest BCUT2D eigenvalue weighted by Gasteiger charge is 2.19. The lowest BCUT2D eigenvalue weighted by Gasteiger charge is -2.17. The van der Waals surface area contributed by atoms with Crippen molar-refractivity contribution in [2.24, 2.45) is 0 Å². The zero-order valence-corrected chi connectivity index (χ0v) is 15.5. The van der Waals surface area contributed by atoms with Crippen molar-refractivity contribution in [3.63, 3.8) is 0 Å². The summed E-state index contributed by atoms with van der Waals surface area (Å²) in [6.45, 7) is 5.86. The van der Waals surface area contributed by atoms with Gasteiger partial charge in [-0.25, -0.2) is 0 Å². The standard InChI is InChI=1S/C20H22N4O3/c1-13-9-15-5-3-6-18(19(15)27-13)20(26)21-11-16-10-17-12-23(14(2)25)7-4-8-24(17)22-16/h3,5-6,9-10H,4,7-8,11-12H2,1-2H3,(H,21,26). The van der Waals surface area contributed by atoms with Crippen molar-refractivity contribution in [1.29, 1.82) is 0 Å². The predicted octanol–water partition coefficient (Wildman–Crippen LogP) is 2.62. The zero-order valence-electron chi connectivity index (χ0n) is 15.5. The van der Waals surface area contributed by atoms with Gasteiger partial charge in [-0.1, -0.05) is 12.1 Å². The van der Waals surface area contributed by atoms with Crippen LogP contribution in [-0.4, -0.2) is 33.0 Å². The molecule has 0 fully saturated rings. The molecule has 0 radical (unpaired) electrons. The average molecular weight is 366 g/mol. The maximum Gasteiger partial charge on any atom is 0.255 e. The van der Waals surface area contributed by atoms with Crippen LogP contribution in [0, 0.1) is 6.92 Å². The summed E-state index contributed by atoms with van der Waals surface area (Å²) in [4.78, 5) is 26.1. The van der Waals surface area contributed by atoms with Crippen LogP contribution in [0.2, 0.25) is 0 Å². The van der Waals surface area contributed by atoms with Crippen molar-refractivity contribution in [3.8, 4) is 0 Å². The summed E-state index contributed by atoms with van der Waals surface area (Å²) < 4.78 is 7.60. The van der Waals surface area contributed by atoms with Crippen LogP contribution in [0.3, 0.4) is 0 Å². The van der Waals surface area contributed by atoms with E-state index >= 15 is 0 Å². The Hall–Kier alpha value is -3.09. The van der Waals surface area contributed by atoms with Crippen molar-refractivity contribution in [3.05, 3.63) is 53.0 Å². The maximum absolute atomic E-state index is 12.6. The second kappa shape index (κ2) is 6.90. The maximum atomic E-state index is 12.6. The van der Waals surface area contributed by atoms with Gasteiger partial charge in [0.1, 0.15) is 11.3 Å². The van der Waals surface area contributed by atoms with Crippen LogP contribution in [0.15, 0.2) is 34.7 Å². The molecule has 3 aromatic rings. The fourth-order valence-corrected chi connectivity index (χ4v) is 3.51. The van der Waals surface area contributed by atoms with Crippen molar-refractivity contribution in [2.45, 2.75) is 39.9 Å². The number of aromatic nitrogens is 2. The molecule has 0 unspecified atom stereocenters. The molecule has 0 spiro atoms. The van der Waals surface area contributed by atoms with E-state index in [4.69, 9.17) is 4.42 Å². The number of fused-ring (bicyclic) bond motifs is 2. The number of nitrogens with one attached hydrogen (secondary N) is 1. The Labute approximate surface area is 156 Å². The van der Waals surface area contributed by atoms with Gasteiger partial charge in [-0.3, -0.25) is 14.3 Å². The summed E-state index contributed by atoms with van der Waals surface area (Å²) in [6, 6.07) is 9.41. The van der Waals surface area contributed by atoms with E-state index in [9.17, 15) is 9.59 Å². The van der Waals surface area contributed by atoms with Crippen LogP contribution >= 0.6 is 0 Å². The number of aryl methyl sites for hydroxylation is 2. The van der Waals surface area contributed by atoms with E-state index in [0.29, 0.717) is 24.2 Å². The molecule has 0 saturated carbocycles. The lowest BCUT2D eigenvalue weighted by molar-refractivity contribution is -0.129. The number of carbonyl (C=O) groups excluding carboxylic acids is 2. The van der Waals surface area contributed by atoms with Crippen LogP contribution in [0.25, 0.3) is 11.0 Å². The van der Waals surface area contributed by atoms with Gasteiger partial charge in [0.2, 0.25) is 5.91 Å². The first-order valence-corrected chi connectivity index (χ1v) is 9.10. The zero-order chi connectivity index (χ0) is 19.0. The molecule has 2 aromatic heterocycles. The number of para-hydroxylation sites is 1. The summed E-state index contributed by atoms with van der Waals surface area (Å²) in [6.07, 6.45) is 0.875. The summed E-state index contributed by atoms with van der Waals surface area (Å²) in [5, 5.41) is 8.41. The van der Waals surface area contributed by atoms with Gasteiger partial charge in [-0.05, 0) is 31.5 Å². The molecule has 4 rings (SSSR count). The van der Waals surface area contributed by atoms with Crippen molar-refractivity contribution >= 4 is 22.8 Å². The van der Waals surface area contributed by atoms with Gasteiger partial charge < -0.3 is 14.6 Å². The summed E-state index contributed by atoms with van der Waals surface area (Å²) in [7, 11) is 0. The van der Waals surface area contributed by atoms with Gasteiger partial charge in [0.05, 0.1) is 30.0 Å². The molecular formula is C20H22N4O3. The third kappa shape index (κ3) is 3.45. The fourth-order valence-electron chi connectivity index (χ4n) is 3.51. The summed E-state index contributed by atoms with van der Waals surface area (Å²) in [5.74, 6) is 0.656. The number of nitrogens with zero attached hydrogens (tertiary/aromatic N) is 3. The first-order chi connectivity index (χ1) is 13.0. The Morgan fingerprint density at radius 3 is 2.93 bits per heavy atom. The number of hydrogen-bond donors (Lipinski definition) is 1. The Bertz CT molecular complexity index is 1020. The van der Waals surface area contributed by atoms with E-state index in [0.717, 1.165) is 42.0 Å². The Kier molecular flexibility index (Phi) is 4.43. The highest BCUT2D eigenvalue weighted by molar-refractivity contribution is 6.04. The summed E-state index contributed by atoms with van der Waals surface area (Å²) in [5.41, 5.74) is 2.90. The molecule has 140 valence electrons. The van der Waals surface area contributed by atoms with E-state index in [-0.39, 0.29) is 11.8 Å². The van der Waals surface area contributed by atoms with Gasteiger partial charge in [0.15, 0.2) is 0 Å². The molecule has 1 N–H and O–H groups in total. The minimum Gasteiger partial charge on any atom is -0.461 e. The molecule has 0 saturated heterocycles. The first-order valence-electron chi connectivity index (χ1n) is 9.10. The van der Waals surface area contributed by atoms with Gasteiger partial charge in [0.25, 0.3) is 5.91 Å². The third-order valence-corrected chi connectivity index (χ3v) is 4.85. The Morgan fingerprint density at radius 2 is 2.11 bits per heavy atom. The molecule has 0 atom stereocenters. The molecule has 1 aliphatic rings. The highest BCUT2D eigenvalue weighted by atomic mass is 16.3. The van der Waals surface area contributed by atoms with Gasteiger partial charge >= 0.3 is 0 Å². The average Bonchev–Trinajstić information content (AvgIpc) is 3.14. The molecule has 0 aliphatic carbocycles. The number of rotatable bonds is 3. The van der Waals surface area contributed by atoms with Crippen molar-refractivity contribution in [2.75, 3.05) is 6.54 Å². The lowest BCUT2D eigenvalue weighted by Crippen LogP contribution is -2.28. The normalized spacial score (nSPS) is 14.1. The van der Waals surface area contributed by atoms with E-state index in [2.05, 4.69) is 10.4 Å². The van der Waals surface area contributed by atoms with E-state index < -0.39 is 0 Å². The van der Waals surface area contributed by atoms with Crippen molar-refractivity contribution < 1.29 is 14.0 Å². The monoisotopic (exact) mass is 366 g/mol. The fraction of sp³-hybridized carbons (Fsp3) is 0.350. The second-order valence-electron chi connectivity index (χ2n) is 6.91. The molecule has 1 aliphatic heterocycles. The topological polar surface area (TPSA) is 80.4 Å². The minimum absolute atomic E-state index is 0.0707. The SMILES string of the molecule is CC(=O)N1CCCn2nc(CNC(=O)c3cccc4cc(C)oc34)cc2C1. The summed E-state index contributed by atoms with van der Waals surface area (Å²) >= 11 is 0. The number of furan rings is 1. The van der Waals surface area contributed by atoms with Crippen LogP contribution in [-0.2, 0) is 24.4 Å². The van der Waals surface area contributed by atoms with Crippen LogP contribution in [0.4, 0.5) is 0 Å². The molecular weight excluding hydrogens is 344 g/mol. The molecule has 7 heteroatoms. The molecule has 27 heavy (non-hydrogen) atoms. The highest BCUT2D eigenvalue weighted by Crippen LogP contribution is 2.22. The third-order valence-electron chi connectivity index (χ3n) is 4.85. The number of amides is 2. The van der Waals surface area contributed by atoms with Gasteiger partial charge in [-0.2, -0.15) is 5.10 Å². The Morgan fingerprint density at radius 1 is 1.26 bits per heavy atom. The molecule has 1 aromatic carbocycles. The number of carbonyl (C=O) groups is 2. The smallest absolute Gasteiger partial charge is 0.255 e. The Balaban J connectivity index is 1.48. The largest absolute Gasteiger partial charge is 0.461 e. The number of hydrogen-bond acceptors (Lipinski definition) is 4. The van der Waals surface area contributed by atoms with Crippen LogP contribution in [0.5, 0.6) is 0 Å². The van der Waals surface area contributed by atoms with Crippen molar-refractivity contribution in [1.82, 2.24) is 20.0 Å².